The fourth-order valence-electron chi connectivity index (χ4n) is 4.52. The maximum absolute atomic E-state index is 12.9. The van der Waals surface area contributed by atoms with Crippen LogP contribution in [0.4, 0.5) is 0 Å². The van der Waals surface area contributed by atoms with Crippen molar-refractivity contribution in [3.05, 3.63) is 68.4 Å². The molecule has 5 rings (SSSR count). The first kappa shape index (κ1) is 21.5. The molecule has 0 bridgehead atoms. The molecule has 172 valence electrons. The molecule has 3 aromatic rings. The Morgan fingerprint density at radius 2 is 2.00 bits per heavy atom. The first-order chi connectivity index (χ1) is 16.0. The van der Waals surface area contributed by atoms with Crippen molar-refractivity contribution in [1.82, 2.24) is 9.55 Å². The van der Waals surface area contributed by atoms with Gasteiger partial charge in [-0.1, -0.05) is 0 Å². The van der Waals surface area contributed by atoms with Crippen LogP contribution >= 0.6 is 0 Å². The lowest BCUT2D eigenvalue weighted by atomic mass is 9.90. The number of fused-ring (bicyclic) bond motifs is 3. The predicted molar refractivity (Wildman–Crippen MR) is 123 cm³/mol. The number of aryl methyl sites for hydroxylation is 1. The summed E-state index contributed by atoms with van der Waals surface area (Å²) in [7, 11) is 1.62. The van der Waals surface area contributed by atoms with Gasteiger partial charge in [-0.05, 0) is 37.1 Å². The van der Waals surface area contributed by atoms with E-state index in [0.29, 0.717) is 44.5 Å². The van der Waals surface area contributed by atoms with E-state index in [1.807, 2.05) is 13.0 Å². The third kappa shape index (κ3) is 4.07. The number of benzene rings is 1. The van der Waals surface area contributed by atoms with Crippen molar-refractivity contribution in [2.45, 2.75) is 26.0 Å². The van der Waals surface area contributed by atoms with Gasteiger partial charge in [-0.2, -0.15) is 0 Å². The standard InChI is InChI=1S/C25H26N2O6/c1-15-21(33-14-18-13-31-7-8-32-18)11-24(29)27-6-5-16-9-19(17-3-4-23(28)26-12-17)22(30-2)10-20(16)25(15)27/h3-4,9-12,18H,5-8,13-14H2,1-2H3,(H,26,28)/t18-/m0/s1. The first-order valence-corrected chi connectivity index (χ1v) is 11.0. The topological polar surface area (TPSA) is 91.8 Å². The number of aromatic amines is 1. The number of hydrogen-bond donors (Lipinski definition) is 1. The van der Waals surface area contributed by atoms with E-state index in [4.69, 9.17) is 18.9 Å². The summed E-state index contributed by atoms with van der Waals surface area (Å²) >= 11 is 0. The van der Waals surface area contributed by atoms with Gasteiger partial charge in [0.1, 0.15) is 24.2 Å². The van der Waals surface area contributed by atoms with Gasteiger partial charge in [0.05, 0.1) is 32.6 Å². The van der Waals surface area contributed by atoms with Crippen LogP contribution in [0.2, 0.25) is 0 Å². The van der Waals surface area contributed by atoms with Crippen molar-refractivity contribution >= 4 is 0 Å². The highest BCUT2D eigenvalue weighted by molar-refractivity contribution is 5.80. The average Bonchev–Trinajstić information content (AvgIpc) is 2.85. The fourth-order valence-corrected chi connectivity index (χ4v) is 4.52. The molecule has 1 fully saturated rings. The Hall–Kier alpha value is -3.36. The second-order valence-electron chi connectivity index (χ2n) is 8.25. The summed E-state index contributed by atoms with van der Waals surface area (Å²) in [6, 6.07) is 8.88. The number of aromatic nitrogens is 2. The lowest BCUT2D eigenvalue weighted by Gasteiger charge is -2.27. The Labute approximate surface area is 190 Å². The SMILES string of the molecule is COc1cc2c(cc1-c1ccc(=O)[nH]c1)CCn1c-2c(C)c(OC[C@@H]2COCCO2)cc1=O. The van der Waals surface area contributed by atoms with Crippen LogP contribution in [-0.4, -0.2) is 49.2 Å². The second kappa shape index (κ2) is 8.88. The highest BCUT2D eigenvalue weighted by Gasteiger charge is 2.25. The summed E-state index contributed by atoms with van der Waals surface area (Å²) in [4.78, 5) is 27.1. The number of methoxy groups -OCH3 is 1. The van der Waals surface area contributed by atoms with Crippen molar-refractivity contribution in [2.75, 3.05) is 33.5 Å². The number of nitrogens with one attached hydrogen (secondary N) is 1. The molecule has 1 saturated heterocycles. The molecule has 0 saturated carbocycles. The van der Waals surface area contributed by atoms with Gasteiger partial charge >= 0.3 is 0 Å². The lowest BCUT2D eigenvalue weighted by molar-refractivity contribution is -0.101. The highest BCUT2D eigenvalue weighted by atomic mass is 16.6. The zero-order chi connectivity index (χ0) is 22.9. The maximum Gasteiger partial charge on any atom is 0.254 e. The fraction of sp³-hybridized carbons (Fsp3) is 0.360. The van der Waals surface area contributed by atoms with E-state index >= 15 is 0 Å². The summed E-state index contributed by atoms with van der Waals surface area (Å²) in [5.74, 6) is 1.22. The third-order valence-corrected chi connectivity index (χ3v) is 6.21. The number of hydrogen-bond acceptors (Lipinski definition) is 6. The van der Waals surface area contributed by atoms with Crippen molar-refractivity contribution in [2.24, 2.45) is 0 Å². The van der Waals surface area contributed by atoms with E-state index in [1.165, 1.54) is 6.07 Å². The predicted octanol–water partition coefficient (Wildman–Crippen LogP) is 2.54. The number of pyridine rings is 2. The maximum atomic E-state index is 12.9. The molecule has 8 nitrogen and oxygen atoms in total. The van der Waals surface area contributed by atoms with Crippen molar-refractivity contribution < 1.29 is 18.9 Å². The molecule has 0 aliphatic carbocycles. The Morgan fingerprint density at radius 3 is 2.73 bits per heavy atom. The van der Waals surface area contributed by atoms with E-state index in [-0.39, 0.29) is 17.2 Å². The highest BCUT2D eigenvalue weighted by Crippen LogP contribution is 2.41. The van der Waals surface area contributed by atoms with Gasteiger partial charge in [-0.3, -0.25) is 9.59 Å². The van der Waals surface area contributed by atoms with Gasteiger partial charge in [0.25, 0.3) is 5.56 Å². The summed E-state index contributed by atoms with van der Waals surface area (Å²) in [5, 5.41) is 0. The van der Waals surface area contributed by atoms with Crippen LogP contribution < -0.4 is 20.6 Å². The zero-order valence-corrected chi connectivity index (χ0v) is 18.7. The minimum Gasteiger partial charge on any atom is -0.496 e. The molecule has 0 amide bonds. The third-order valence-electron chi connectivity index (χ3n) is 6.21. The van der Waals surface area contributed by atoms with E-state index in [1.54, 1.807) is 30.0 Å². The summed E-state index contributed by atoms with van der Waals surface area (Å²) in [5.41, 5.74) is 5.29. The van der Waals surface area contributed by atoms with Crippen LogP contribution in [-0.2, 0) is 22.4 Å². The van der Waals surface area contributed by atoms with E-state index in [2.05, 4.69) is 11.1 Å². The normalized spacial score (nSPS) is 17.2. The minimum atomic E-state index is -0.155. The van der Waals surface area contributed by atoms with Crippen LogP contribution in [0.1, 0.15) is 11.1 Å². The van der Waals surface area contributed by atoms with Crippen LogP contribution in [0.3, 0.4) is 0 Å². The molecule has 2 aromatic heterocycles. The van der Waals surface area contributed by atoms with Crippen molar-refractivity contribution in [3.8, 4) is 33.9 Å². The van der Waals surface area contributed by atoms with Crippen LogP contribution in [0.25, 0.3) is 22.4 Å². The van der Waals surface area contributed by atoms with E-state index in [9.17, 15) is 9.59 Å². The Balaban J connectivity index is 1.56. The molecule has 4 heterocycles. The number of H-pyrrole nitrogens is 1. The van der Waals surface area contributed by atoms with Gasteiger partial charge < -0.3 is 28.5 Å². The van der Waals surface area contributed by atoms with Gasteiger partial charge in [-0.25, -0.2) is 0 Å². The Kier molecular flexibility index (Phi) is 5.78. The summed E-state index contributed by atoms with van der Waals surface area (Å²) in [6.07, 6.45) is 2.25. The molecular weight excluding hydrogens is 424 g/mol. The molecule has 2 aliphatic heterocycles. The quantitative estimate of drug-likeness (QED) is 0.642. The summed E-state index contributed by atoms with van der Waals surface area (Å²) in [6.45, 7) is 4.50. The average molecular weight is 450 g/mol. The molecule has 33 heavy (non-hydrogen) atoms. The molecule has 2 aliphatic rings. The smallest absolute Gasteiger partial charge is 0.254 e. The number of rotatable bonds is 5. The van der Waals surface area contributed by atoms with Gasteiger partial charge in [0, 0.05) is 47.1 Å². The molecule has 1 atom stereocenters. The summed E-state index contributed by atoms with van der Waals surface area (Å²) < 4.78 is 24.6. The zero-order valence-electron chi connectivity index (χ0n) is 18.7. The number of ether oxygens (including phenoxy) is 4. The van der Waals surface area contributed by atoms with Crippen LogP contribution in [0, 0.1) is 6.92 Å². The minimum absolute atomic E-state index is 0.0965. The van der Waals surface area contributed by atoms with Crippen molar-refractivity contribution in [3.63, 3.8) is 0 Å². The molecule has 8 heteroatoms. The molecule has 0 spiro atoms. The van der Waals surface area contributed by atoms with E-state index < -0.39 is 0 Å². The molecular formula is C25H26N2O6. The molecule has 1 N–H and O–H groups in total. The Bertz CT molecular complexity index is 1280. The molecule has 1 aromatic carbocycles. The molecule has 0 radical (unpaired) electrons. The largest absolute Gasteiger partial charge is 0.496 e. The molecule has 0 unspecified atom stereocenters. The second-order valence-corrected chi connectivity index (χ2v) is 8.25. The van der Waals surface area contributed by atoms with Crippen LogP contribution in [0.15, 0.2) is 46.1 Å². The van der Waals surface area contributed by atoms with Gasteiger partial charge in [-0.15, -0.1) is 0 Å². The van der Waals surface area contributed by atoms with Crippen LogP contribution in [0.5, 0.6) is 11.5 Å². The Morgan fingerprint density at radius 1 is 1.12 bits per heavy atom. The van der Waals surface area contributed by atoms with Crippen molar-refractivity contribution in [1.29, 1.82) is 0 Å². The van der Waals surface area contributed by atoms with Gasteiger partial charge in [0.2, 0.25) is 5.56 Å². The van der Waals surface area contributed by atoms with Gasteiger partial charge in [0.15, 0.2) is 0 Å². The first-order valence-electron chi connectivity index (χ1n) is 11.0. The monoisotopic (exact) mass is 450 g/mol. The number of nitrogens with zero attached hydrogens (tertiary/aromatic N) is 1. The van der Waals surface area contributed by atoms with E-state index in [0.717, 1.165) is 39.9 Å². The lowest BCUT2D eigenvalue weighted by Crippen LogP contribution is -2.34.